The average Bonchev–Trinajstić information content (AvgIpc) is 2.21. The molecule has 2 nitrogen and oxygen atoms in total. The number of nitrogens with zero attached hydrogens (tertiary/aromatic N) is 1. The van der Waals surface area contributed by atoms with E-state index in [1.54, 1.807) is 0 Å². The summed E-state index contributed by atoms with van der Waals surface area (Å²) >= 11 is 2.19. The smallest absolute Gasteiger partial charge is 0.101 e. The zero-order valence-corrected chi connectivity index (χ0v) is 9.60. The molecule has 14 heavy (non-hydrogen) atoms. The molecular weight excluding hydrogens is 287 g/mol. The van der Waals surface area contributed by atoms with Crippen LogP contribution in [-0.4, -0.2) is 4.98 Å². The van der Waals surface area contributed by atoms with Gasteiger partial charge in [-0.05, 0) is 46.4 Å². The molecule has 0 aliphatic carbocycles. The molecule has 0 unspecified atom stereocenters. The first-order chi connectivity index (χ1) is 6.75. The van der Waals surface area contributed by atoms with Gasteiger partial charge >= 0.3 is 0 Å². The third-order valence-electron chi connectivity index (χ3n) is 1.97. The molecule has 0 aliphatic heterocycles. The molecule has 1 heterocycles. The fraction of sp³-hybridized carbons (Fsp3) is 0. The summed E-state index contributed by atoms with van der Waals surface area (Å²) in [6.07, 6.45) is 1.87. The molecule has 0 radical (unpaired) electrons. The maximum absolute atomic E-state index is 5.61. The van der Waals surface area contributed by atoms with Crippen molar-refractivity contribution in [2.24, 2.45) is 0 Å². The van der Waals surface area contributed by atoms with Crippen molar-refractivity contribution in [2.75, 3.05) is 5.73 Å². The second kappa shape index (κ2) is 3.96. The summed E-state index contributed by atoms with van der Waals surface area (Å²) in [5, 5.41) is 0. The molecule has 2 rings (SSSR count). The highest BCUT2D eigenvalue weighted by molar-refractivity contribution is 14.1. The van der Waals surface area contributed by atoms with Gasteiger partial charge in [0.25, 0.3) is 0 Å². The van der Waals surface area contributed by atoms with Crippen LogP contribution in [0.5, 0.6) is 0 Å². The van der Waals surface area contributed by atoms with Crippen LogP contribution in [0, 0.1) is 3.70 Å². The van der Waals surface area contributed by atoms with Crippen LogP contribution in [0.4, 0.5) is 5.69 Å². The SMILES string of the molecule is Nc1ccc(-c2ccc(I)nc2)cc1. The summed E-state index contributed by atoms with van der Waals surface area (Å²) in [5.74, 6) is 0. The van der Waals surface area contributed by atoms with E-state index in [2.05, 4.69) is 33.6 Å². The second-order valence-electron chi connectivity index (χ2n) is 2.99. The molecule has 1 aromatic carbocycles. The molecule has 0 saturated carbocycles. The number of hydrogen-bond acceptors (Lipinski definition) is 2. The van der Waals surface area contributed by atoms with Crippen molar-refractivity contribution >= 4 is 28.3 Å². The van der Waals surface area contributed by atoms with Crippen LogP contribution in [-0.2, 0) is 0 Å². The van der Waals surface area contributed by atoms with Crippen LogP contribution in [0.3, 0.4) is 0 Å². The number of nitrogens with two attached hydrogens (primary N) is 1. The van der Waals surface area contributed by atoms with Crippen LogP contribution in [0.25, 0.3) is 11.1 Å². The summed E-state index contributed by atoms with van der Waals surface area (Å²) in [7, 11) is 0. The molecular formula is C11H9IN2. The van der Waals surface area contributed by atoms with Gasteiger partial charge in [-0.15, -0.1) is 0 Å². The molecule has 3 heteroatoms. The zero-order valence-electron chi connectivity index (χ0n) is 7.44. The lowest BCUT2D eigenvalue weighted by Gasteiger charge is -2.01. The Morgan fingerprint density at radius 3 is 2.14 bits per heavy atom. The third kappa shape index (κ3) is 2.04. The molecule has 0 aliphatic rings. The van der Waals surface area contributed by atoms with Gasteiger partial charge < -0.3 is 5.73 Å². The van der Waals surface area contributed by atoms with E-state index in [1.165, 1.54) is 0 Å². The van der Waals surface area contributed by atoms with Crippen LogP contribution in [0.15, 0.2) is 42.6 Å². The number of benzene rings is 1. The maximum Gasteiger partial charge on any atom is 0.101 e. The molecule has 1 aromatic heterocycles. The van der Waals surface area contributed by atoms with Crippen molar-refractivity contribution in [3.8, 4) is 11.1 Å². The van der Waals surface area contributed by atoms with E-state index in [0.29, 0.717) is 0 Å². The molecule has 0 bridgehead atoms. The minimum Gasteiger partial charge on any atom is -0.399 e. The third-order valence-corrected chi connectivity index (χ3v) is 2.61. The maximum atomic E-state index is 5.61. The van der Waals surface area contributed by atoms with Gasteiger partial charge in [-0.25, -0.2) is 4.98 Å². The van der Waals surface area contributed by atoms with E-state index in [4.69, 9.17) is 5.73 Å². The normalized spacial score (nSPS) is 10.1. The van der Waals surface area contributed by atoms with Crippen molar-refractivity contribution < 1.29 is 0 Å². The standard InChI is InChI=1S/C11H9IN2/c12-11-6-3-9(7-14-11)8-1-4-10(13)5-2-8/h1-7H,13H2. The number of halogens is 1. The summed E-state index contributed by atoms with van der Waals surface area (Å²) in [4.78, 5) is 4.23. The van der Waals surface area contributed by atoms with Crippen molar-refractivity contribution in [1.82, 2.24) is 4.98 Å². The van der Waals surface area contributed by atoms with Crippen molar-refractivity contribution in [2.45, 2.75) is 0 Å². The molecule has 0 spiro atoms. The number of hydrogen-bond donors (Lipinski definition) is 1. The Balaban J connectivity index is 2.40. The van der Waals surface area contributed by atoms with Crippen molar-refractivity contribution in [3.05, 3.63) is 46.3 Å². The van der Waals surface area contributed by atoms with Crippen LogP contribution >= 0.6 is 22.6 Å². The summed E-state index contributed by atoms with van der Waals surface area (Å²) in [6.45, 7) is 0. The predicted molar refractivity (Wildman–Crippen MR) is 66.8 cm³/mol. The molecule has 0 saturated heterocycles. The number of rotatable bonds is 1. The second-order valence-corrected chi connectivity index (χ2v) is 4.10. The Labute approximate surface area is 96.3 Å². The fourth-order valence-corrected chi connectivity index (χ4v) is 1.54. The monoisotopic (exact) mass is 296 g/mol. The number of pyridine rings is 1. The van der Waals surface area contributed by atoms with E-state index in [9.17, 15) is 0 Å². The first kappa shape index (κ1) is 9.45. The van der Waals surface area contributed by atoms with Gasteiger partial charge in [-0.1, -0.05) is 18.2 Å². The van der Waals surface area contributed by atoms with Gasteiger partial charge in [0.05, 0.1) is 0 Å². The summed E-state index contributed by atoms with van der Waals surface area (Å²) < 4.78 is 1.00. The minimum atomic E-state index is 0.784. The number of aromatic nitrogens is 1. The summed E-state index contributed by atoms with van der Waals surface area (Å²) in [6, 6.07) is 11.8. The number of anilines is 1. The molecule has 0 amide bonds. The van der Waals surface area contributed by atoms with E-state index in [1.807, 2.05) is 36.5 Å². The van der Waals surface area contributed by atoms with Crippen molar-refractivity contribution in [3.63, 3.8) is 0 Å². The van der Waals surface area contributed by atoms with Gasteiger partial charge in [-0.3, -0.25) is 0 Å². The quantitative estimate of drug-likeness (QED) is 0.499. The van der Waals surface area contributed by atoms with Gasteiger partial charge in [0.1, 0.15) is 3.70 Å². The average molecular weight is 296 g/mol. The molecule has 2 aromatic rings. The van der Waals surface area contributed by atoms with Crippen LogP contribution in [0.2, 0.25) is 0 Å². The van der Waals surface area contributed by atoms with E-state index < -0.39 is 0 Å². The first-order valence-corrected chi connectivity index (χ1v) is 5.31. The zero-order chi connectivity index (χ0) is 9.97. The molecule has 2 N–H and O–H groups in total. The molecule has 0 fully saturated rings. The first-order valence-electron chi connectivity index (χ1n) is 4.23. The molecule has 0 atom stereocenters. The van der Waals surface area contributed by atoms with Gasteiger partial charge in [0.2, 0.25) is 0 Å². The Kier molecular flexibility index (Phi) is 2.67. The Morgan fingerprint density at radius 2 is 1.57 bits per heavy atom. The van der Waals surface area contributed by atoms with E-state index in [-0.39, 0.29) is 0 Å². The number of nitrogen functional groups attached to an aromatic ring is 1. The summed E-state index contributed by atoms with van der Waals surface area (Å²) in [5.41, 5.74) is 8.65. The lowest BCUT2D eigenvalue weighted by molar-refractivity contribution is 1.27. The lowest BCUT2D eigenvalue weighted by atomic mass is 10.1. The Morgan fingerprint density at radius 1 is 0.929 bits per heavy atom. The highest BCUT2D eigenvalue weighted by atomic mass is 127. The molecule has 70 valence electrons. The lowest BCUT2D eigenvalue weighted by Crippen LogP contribution is -1.85. The minimum absolute atomic E-state index is 0.784. The highest BCUT2D eigenvalue weighted by Crippen LogP contribution is 2.19. The van der Waals surface area contributed by atoms with E-state index in [0.717, 1.165) is 20.5 Å². The van der Waals surface area contributed by atoms with Gasteiger partial charge in [0, 0.05) is 17.4 Å². The van der Waals surface area contributed by atoms with Crippen molar-refractivity contribution in [1.29, 1.82) is 0 Å². The largest absolute Gasteiger partial charge is 0.399 e. The predicted octanol–water partition coefficient (Wildman–Crippen LogP) is 2.94. The van der Waals surface area contributed by atoms with Gasteiger partial charge in [0.15, 0.2) is 0 Å². The fourth-order valence-electron chi connectivity index (χ4n) is 1.22. The Hall–Kier alpha value is -1.10. The van der Waals surface area contributed by atoms with Crippen LogP contribution in [0.1, 0.15) is 0 Å². The van der Waals surface area contributed by atoms with Crippen LogP contribution < -0.4 is 5.73 Å². The topological polar surface area (TPSA) is 38.9 Å². The highest BCUT2D eigenvalue weighted by Gasteiger charge is 1.97. The van der Waals surface area contributed by atoms with E-state index >= 15 is 0 Å². The Bertz CT molecular complexity index is 377. The van der Waals surface area contributed by atoms with Gasteiger partial charge in [-0.2, -0.15) is 0 Å².